The predicted octanol–water partition coefficient (Wildman–Crippen LogP) is 1.19. The summed E-state index contributed by atoms with van der Waals surface area (Å²) >= 11 is 0. The van der Waals surface area contributed by atoms with E-state index in [0.29, 0.717) is 24.7 Å². The molecule has 0 amide bonds. The van der Waals surface area contributed by atoms with Gasteiger partial charge in [-0.15, -0.1) is 0 Å². The molecule has 0 radical (unpaired) electrons. The summed E-state index contributed by atoms with van der Waals surface area (Å²) in [5, 5.41) is 9.13. The first kappa shape index (κ1) is 15.8. The van der Waals surface area contributed by atoms with Crippen LogP contribution in [0.15, 0.2) is 23.1 Å². The smallest absolute Gasteiger partial charge is 0.244 e. The van der Waals surface area contributed by atoms with Gasteiger partial charge in [0.05, 0.1) is 11.7 Å². The van der Waals surface area contributed by atoms with Crippen LogP contribution < -0.4 is 5.73 Å². The topological polar surface area (TPSA) is 96.4 Å². The molecule has 114 valence electrons. The van der Waals surface area contributed by atoms with E-state index >= 15 is 0 Å². The molecular weight excluding hydrogens is 290 g/mol. The number of hydrogen-bond acceptors (Lipinski definition) is 5. The number of ether oxygens (including phenoxy) is 1. The van der Waals surface area contributed by atoms with E-state index in [-0.39, 0.29) is 16.6 Å². The molecule has 2 N–H and O–H groups in total. The summed E-state index contributed by atoms with van der Waals surface area (Å²) in [6, 6.07) is 6.17. The lowest BCUT2D eigenvalue weighted by molar-refractivity contribution is 0.0184. The van der Waals surface area contributed by atoms with E-state index in [2.05, 4.69) is 0 Å². The van der Waals surface area contributed by atoms with Crippen LogP contribution in [0, 0.1) is 17.2 Å². The average Bonchev–Trinajstić information content (AvgIpc) is 2.47. The fourth-order valence-corrected chi connectivity index (χ4v) is 4.12. The molecule has 0 aliphatic carbocycles. The Kier molecular flexibility index (Phi) is 4.52. The minimum Gasteiger partial charge on any atom is -0.399 e. The van der Waals surface area contributed by atoms with E-state index < -0.39 is 10.0 Å². The van der Waals surface area contributed by atoms with Crippen LogP contribution in [0.3, 0.4) is 0 Å². The molecular formula is C14H19N3O3S. The number of methoxy groups -OCH3 is 1. The summed E-state index contributed by atoms with van der Waals surface area (Å²) < 4.78 is 32.2. The van der Waals surface area contributed by atoms with Crippen molar-refractivity contribution < 1.29 is 13.2 Å². The number of nitrogens with zero attached hydrogens (tertiary/aromatic N) is 2. The standard InChI is InChI=1S/C14H19N3O3S/c1-10-5-6-17(9-13(10)20-2)21(18,19)14-4-3-12(16)7-11(14)8-15/h3-4,7,10,13H,5-6,9,16H2,1-2H3. The third-order valence-corrected chi connectivity index (χ3v) is 5.82. The molecule has 1 heterocycles. The summed E-state index contributed by atoms with van der Waals surface area (Å²) in [5.74, 6) is 0.309. The quantitative estimate of drug-likeness (QED) is 0.846. The van der Waals surface area contributed by atoms with Gasteiger partial charge >= 0.3 is 0 Å². The van der Waals surface area contributed by atoms with Gasteiger partial charge in [-0.05, 0) is 30.5 Å². The lowest BCUT2D eigenvalue weighted by Gasteiger charge is -2.35. The first-order chi connectivity index (χ1) is 9.90. The molecule has 1 aliphatic heterocycles. The van der Waals surface area contributed by atoms with Crippen LogP contribution in [0.4, 0.5) is 5.69 Å². The molecule has 0 bridgehead atoms. The molecule has 21 heavy (non-hydrogen) atoms. The van der Waals surface area contributed by atoms with Gasteiger partial charge in [0, 0.05) is 25.9 Å². The van der Waals surface area contributed by atoms with Crippen molar-refractivity contribution in [3.8, 4) is 6.07 Å². The van der Waals surface area contributed by atoms with Gasteiger partial charge in [0.2, 0.25) is 10.0 Å². The van der Waals surface area contributed by atoms with Crippen molar-refractivity contribution >= 4 is 15.7 Å². The third-order valence-electron chi connectivity index (χ3n) is 3.90. The highest BCUT2D eigenvalue weighted by Gasteiger charge is 2.34. The Labute approximate surface area is 125 Å². The van der Waals surface area contributed by atoms with Gasteiger partial charge < -0.3 is 10.5 Å². The molecule has 1 aromatic rings. The van der Waals surface area contributed by atoms with Gasteiger partial charge in [0.1, 0.15) is 11.0 Å². The predicted molar refractivity (Wildman–Crippen MR) is 78.9 cm³/mol. The Morgan fingerprint density at radius 3 is 2.81 bits per heavy atom. The van der Waals surface area contributed by atoms with Gasteiger partial charge in [0.15, 0.2) is 0 Å². The van der Waals surface area contributed by atoms with E-state index in [1.54, 1.807) is 7.11 Å². The van der Waals surface area contributed by atoms with Crippen LogP contribution >= 0.6 is 0 Å². The van der Waals surface area contributed by atoms with E-state index in [1.165, 1.54) is 22.5 Å². The Morgan fingerprint density at radius 1 is 1.48 bits per heavy atom. The Bertz CT molecular complexity index is 667. The van der Waals surface area contributed by atoms with Crippen LogP contribution in [0.25, 0.3) is 0 Å². The maximum Gasteiger partial charge on any atom is 0.244 e. The molecule has 1 fully saturated rings. The van der Waals surface area contributed by atoms with Crippen LogP contribution in [0.2, 0.25) is 0 Å². The Morgan fingerprint density at radius 2 is 2.19 bits per heavy atom. The summed E-state index contributed by atoms with van der Waals surface area (Å²) in [7, 11) is -2.13. The number of anilines is 1. The SMILES string of the molecule is COC1CN(S(=O)(=O)c2ccc(N)cc2C#N)CCC1C. The number of sulfonamides is 1. The maximum atomic E-state index is 12.7. The van der Waals surface area contributed by atoms with Crippen molar-refractivity contribution in [1.29, 1.82) is 5.26 Å². The molecule has 0 aromatic heterocycles. The second-order valence-corrected chi connectivity index (χ2v) is 7.18. The number of nitrogens with two attached hydrogens (primary N) is 1. The normalized spacial score (nSPS) is 23.7. The number of nitrogen functional groups attached to an aromatic ring is 1. The lowest BCUT2D eigenvalue weighted by Crippen LogP contribution is -2.46. The second kappa shape index (κ2) is 6.02. The van der Waals surface area contributed by atoms with Crippen LogP contribution in [0.5, 0.6) is 0 Å². The lowest BCUT2D eigenvalue weighted by atomic mass is 9.97. The fraction of sp³-hybridized carbons (Fsp3) is 0.500. The molecule has 2 rings (SSSR count). The van der Waals surface area contributed by atoms with Crippen molar-refractivity contribution in [1.82, 2.24) is 4.31 Å². The minimum absolute atomic E-state index is 0.00334. The average molecular weight is 309 g/mol. The van der Waals surface area contributed by atoms with Gasteiger partial charge in [0.25, 0.3) is 0 Å². The van der Waals surface area contributed by atoms with E-state index in [1.807, 2.05) is 13.0 Å². The van der Waals surface area contributed by atoms with Crippen molar-refractivity contribution in [3.63, 3.8) is 0 Å². The van der Waals surface area contributed by atoms with Crippen molar-refractivity contribution in [2.45, 2.75) is 24.3 Å². The number of benzene rings is 1. The summed E-state index contributed by atoms with van der Waals surface area (Å²) in [6.07, 6.45) is 0.599. The number of piperidine rings is 1. The largest absolute Gasteiger partial charge is 0.399 e. The zero-order valence-electron chi connectivity index (χ0n) is 12.1. The van der Waals surface area contributed by atoms with Crippen LogP contribution in [-0.2, 0) is 14.8 Å². The highest BCUT2D eigenvalue weighted by Crippen LogP contribution is 2.27. The zero-order chi connectivity index (χ0) is 15.6. The van der Waals surface area contributed by atoms with E-state index in [4.69, 9.17) is 15.7 Å². The molecule has 1 aromatic carbocycles. The monoisotopic (exact) mass is 309 g/mol. The van der Waals surface area contributed by atoms with Crippen LogP contribution in [-0.4, -0.2) is 39.0 Å². The minimum atomic E-state index is -3.71. The summed E-state index contributed by atoms with van der Waals surface area (Å²) in [5.41, 5.74) is 6.05. The number of rotatable bonds is 3. The first-order valence-electron chi connectivity index (χ1n) is 6.72. The van der Waals surface area contributed by atoms with Crippen LogP contribution in [0.1, 0.15) is 18.9 Å². The molecule has 2 atom stereocenters. The molecule has 0 saturated carbocycles. The molecule has 0 spiro atoms. The molecule has 6 nitrogen and oxygen atoms in total. The molecule has 1 aliphatic rings. The van der Waals surface area contributed by atoms with Crippen molar-refractivity contribution in [2.24, 2.45) is 5.92 Å². The van der Waals surface area contributed by atoms with Gasteiger partial charge in [-0.25, -0.2) is 8.42 Å². The summed E-state index contributed by atoms with van der Waals surface area (Å²) in [6.45, 7) is 2.77. The molecule has 7 heteroatoms. The highest BCUT2D eigenvalue weighted by atomic mass is 32.2. The molecule has 2 unspecified atom stereocenters. The summed E-state index contributed by atoms with van der Waals surface area (Å²) in [4.78, 5) is 0.00334. The highest BCUT2D eigenvalue weighted by molar-refractivity contribution is 7.89. The van der Waals surface area contributed by atoms with Gasteiger partial charge in [-0.1, -0.05) is 6.92 Å². The van der Waals surface area contributed by atoms with E-state index in [0.717, 1.165) is 6.42 Å². The Hall–Kier alpha value is -1.62. The number of nitriles is 1. The Balaban J connectivity index is 2.37. The van der Waals surface area contributed by atoms with Gasteiger partial charge in [-0.3, -0.25) is 0 Å². The third kappa shape index (κ3) is 3.02. The fourth-order valence-electron chi connectivity index (χ4n) is 2.53. The maximum absolute atomic E-state index is 12.7. The second-order valence-electron chi connectivity index (χ2n) is 5.27. The van der Waals surface area contributed by atoms with Crippen molar-refractivity contribution in [2.75, 3.05) is 25.9 Å². The van der Waals surface area contributed by atoms with Crippen molar-refractivity contribution in [3.05, 3.63) is 23.8 Å². The van der Waals surface area contributed by atoms with E-state index in [9.17, 15) is 8.42 Å². The van der Waals surface area contributed by atoms with Gasteiger partial charge in [-0.2, -0.15) is 9.57 Å². The zero-order valence-corrected chi connectivity index (χ0v) is 12.9. The first-order valence-corrected chi connectivity index (χ1v) is 8.16. The number of hydrogen-bond donors (Lipinski definition) is 1. The molecule has 1 saturated heterocycles.